The maximum atomic E-state index is 6.67. The summed E-state index contributed by atoms with van der Waals surface area (Å²) >= 11 is 0. The predicted molar refractivity (Wildman–Crippen MR) is 177 cm³/mol. The molecule has 2 heterocycles. The van der Waals surface area contributed by atoms with E-state index in [1.54, 1.807) is 0 Å². The Morgan fingerprint density at radius 3 is 1.98 bits per heavy atom. The van der Waals surface area contributed by atoms with Gasteiger partial charge in [-0.25, -0.2) is 0 Å². The molecule has 0 amide bonds. The summed E-state index contributed by atoms with van der Waals surface area (Å²) in [7, 11) is 0. The van der Waals surface area contributed by atoms with Gasteiger partial charge in [0.2, 0.25) is 0 Å². The maximum Gasteiger partial charge on any atom is 0.137 e. The fraction of sp³-hybridized carbons (Fsp3) is 0. The highest BCUT2D eigenvalue weighted by Crippen LogP contribution is 2.50. The number of fused-ring (bicyclic) bond motifs is 5. The fourth-order valence-corrected chi connectivity index (χ4v) is 6.51. The zero-order valence-electron chi connectivity index (χ0n) is 23.2. The first kappa shape index (κ1) is 23.9. The van der Waals surface area contributed by atoms with Crippen LogP contribution in [0.5, 0.6) is 11.5 Å². The standard InChI is InChI=1S/C40H25NO2/c1-3-10-26(11-4-1)30-22-23-37-40-34(30)15-9-16-35(40)33-21-19-29(25-39(33)43-37)41(27-12-5-2-6-13-27)28-18-20-32-31-14-7-8-17-36(31)42-38(32)24-28/h1-25H. The van der Waals surface area contributed by atoms with E-state index >= 15 is 0 Å². The first-order chi connectivity index (χ1) is 21.3. The summed E-state index contributed by atoms with van der Waals surface area (Å²) in [6.07, 6.45) is 0. The van der Waals surface area contributed by atoms with E-state index in [-0.39, 0.29) is 0 Å². The van der Waals surface area contributed by atoms with Crippen molar-refractivity contribution in [1.29, 1.82) is 0 Å². The SMILES string of the molecule is c1ccc(-c2ccc3c4c(cccc24)-c2ccc(N(c4ccccc4)c4ccc5c(c4)oc4ccccc45)cc2O3)cc1. The predicted octanol–water partition coefficient (Wildman–Crippen LogP) is 11.6. The molecule has 0 bridgehead atoms. The summed E-state index contributed by atoms with van der Waals surface area (Å²) in [6.45, 7) is 0. The second-order valence-electron chi connectivity index (χ2n) is 10.9. The van der Waals surface area contributed by atoms with Gasteiger partial charge in [-0.1, -0.05) is 91.0 Å². The molecule has 3 nitrogen and oxygen atoms in total. The van der Waals surface area contributed by atoms with Gasteiger partial charge in [-0.15, -0.1) is 0 Å². The molecule has 3 heteroatoms. The Hall–Kier alpha value is -5.80. The monoisotopic (exact) mass is 551 g/mol. The lowest BCUT2D eigenvalue weighted by Gasteiger charge is -2.28. The zero-order chi connectivity index (χ0) is 28.3. The second kappa shape index (κ2) is 9.37. The summed E-state index contributed by atoms with van der Waals surface area (Å²) in [6, 6.07) is 53.0. The van der Waals surface area contributed by atoms with Crippen LogP contribution in [0.15, 0.2) is 156 Å². The molecule has 0 atom stereocenters. The van der Waals surface area contributed by atoms with Crippen molar-refractivity contribution in [1.82, 2.24) is 0 Å². The van der Waals surface area contributed by atoms with Crippen LogP contribution in [0.2, 0.25) is 0 Å². The number of hydrogen-bond acceptors (Lipinski definition) is 3. The molecule has 1 aliphatic rings. The van der Waals surface area contributed by atoms with E-state index in [1.807, 2.05) is 18.2 Å². The number of para-hydroxylation sites is 2. The molecule has 43 heavy (non-hydrogen) atoms. The summed E-state index contributed by atoms with van der Waals surface area (Å²) in [5.74, 6) is 1.72. The van der Waals surface area contributed by atoms with Gasteiger partial charge in [0, 0.05) is 50.9 Å². The molecule has 1 aromatic heterocycles. The Kier molecular flexibility index (Phi) is 5.20. The number of benzene rings is 7. The van der Waals surface area contributed by atoms with Crippen LogP contribution in [0.4, 0.5) is 17.1 Å². The number of nitrogens with zero attached hydrogens (tertiary/aromatic N) is 1. The van der Waals surface area contributed by atoms with Crippen LogP contribution < -0.4 is 9.64 Å². The lowest BCUT2D eigenvalue weighted by atomic mass is 9.90. The topological polar surface area (TPSA) is 25.6 Å². The molecule has 0 saturated carbocycles. The van der Waals surface area contributed by atoms with E-state index in [0.29, 0.717) is 0 Å². The van der Waals surface area contributed by atoms with Gasteiger partial charge in [0.1, 0.15) is 22.7 Å². The van der Waals surface area contributed by atoms with Gasteiger partial charge in [-0.05, 0) is 70.6 Å². The Morgan fingerprint density at radius 1 is 0.395 bits per heavy atom. The van der Waals surface area contributed by atoms with E-state index in [2.05, 4.69) is 138 Å². The number of hydrogen-bond donors (Lipinski definition) is 0. The van der Waals surface area contributed by atoms with Crippen molar-refractivity contribution in [3.63, 3.8) is 0 Å². The van der Waals surface area contributed by atoms with Gasteiger partial charge in [0.05, 0.1) is 0 Å². The molecular formula is C40H25NO2. The minimum atomic E-state index is 0.843. The minimum absolute atomic E-state index is 0.843. The van der Waals surface area contributed by atoms with Crippen LogP contribution in [-0.2, 0) is 0 Å². The molecule has 0 fully saturated rings. The molecule has 0 saturated heterocycles. The highest BCUT2D eigenvalue weighted by molar-refractivity contribution is 6.10. The van der Waals surface area contributed by atoms with E-state index in [0.717, 1.165) is 61.4 Å². The molecule has 202 valence electrons. The van der Waals surface area contributed by atoms with Gasteiger partial charge in [0.15, 0.2) is 0 Å². The van der Waals surface area contributed by atoms with Crippen molar-refractivity contribution in [3.05, 3.63) is 152 Å². The minimum Gasteiger partial charge on any atom is -0.456 e. The van der Waals surface area contributed by atoms with Gasteiger partial charge >= 0.3 is 0 Å². The molecule has 0 spiro atoms. The smallest absolute Gasteiger partial charge is 0.137 e. The summed E-state index contributed by atoms with van der Waals surface area (Å²) < 4.78 is 12.9. The van der Waals surface area contributed by atoms with Crippen LogP contribution in [0, 0.1) is 0 Å². The van der Waals surface area contributed by atoms with E-state index in [4.69, 9.17) is 9.15 Å². The molecule has 0 unspecified atom stereocenters. The van der Waals surface area contributed by atoms with Gasteiger partial charge < -0.3 is 14.1 Å². The van der Waals surface area contributed by atoms with Gasteiger partial charge in [-0.3, -0.25) is 0 Å². The molecule has 0 radical (unpaired) electrons. The lowest BCUT2D eigenvalue weighted by molar-refractivity contribution is 0.487. The number of ether oxygens (including phenoxy) is 1. The Balaban J connectivity index is 1.20. The lowest BCUT2D eigenvalue weighted by Crippen LogP contribution is -2.10. The summed E-state index contributed by atoms with van der Waals surface area (Å²) in [5, 5.41) is 4.58. The third-order valence-electron chi connectivity index (χ3n) is 8.46. The summed E-state index contributed by atoms with van der Waals surface area (Å²) in [5.41, 5.74) is 9.54. The zero-order valence-corrected chi connectivity index (χ0v) is 23.2. The van der Waals surface area contributed by atoms with Crippen molar-refractivity contribution in [3.8, 4) is 33.8 Å². The highest BCUT2D eigenvalue weighted by Gasteiger charge is 2.24. The summed E-state index contributed by atoms with van der Waals surface area (Å²) in [4.78, 5) is 2.25. The van der Waals surface area contributed by atoms with E-state index in [1.165, 1.54) is 22.1 Å². The Morgan fingerprint density at radius 2 is 1.09 bits per heavy atom. The number of rotatable bonds is 4. The molecular weight excluding hydrogens is 526 g/mol. The Labute approximate surface area is 248 Å². The molecule has 0 aliphatic carbocycles. The highest BCUT2D eigenvalue weighted by atomic mass is 16.5. The molecule has 7 aromatic carbocycles. The van der Waals surface area contributed by atoms with Crippen molar-refractivity contribution in [2.45, 2.75) is 0 Å². The average Bonchev–Trinajstić information content (AvgIpc) is 3.44. The average molecular weight is 552 g/mol. The molecule has 9 rings (SSSR count). The van der Waals surface area contributed by atoms with E-state index in [9.17, 15) is 0 Å². The Bertz CT molecular complexity index is 2320. The molecule has 1 aliphatic heterocycles. The largest absolute Gasteiger partial charge is 0.456 e. The molecule has 0 N–H and O–H groups in total. The first-order valence-electron chi connectivity index (χ1n) is 14.5. The number of anilines is 3. The third kappa shape index (κ3) is 3.75. The normalized spacial score (nSPS) is 11.9. The fourth-order valence-electron chi connectivity index (χ4n) is 6.51. The maximum absolute atomic E-state index is 6.67. The molecule has 8 aromatic rings. The first-order valence-corrected chi connectivity index (χ1v) is 14.5. The third-order valence-corrected chi connectivity index (χ3v) is 8.46. The quantitative estimate of drug-likeness (QED) is 0.218. The van der Waals surface area contributed by atoms with Crippen molar-refractivity contribution in [2.24, 2.45) is 0 Å². The van der Waals surface area contributed by atoms with Crippen LogP contribution >= 0.6 is 0 Å². The van der Waals surface area contributed by atoms with E-state index < -0.39 is 0 Å². The van der Waals surface area contributed by atoms with Crippen molar-refractivity contribution in [2.75, 3.05) is 4.90 Å². The van der Waals surface area contributed by atoms with Crippen LogP contribution in [0.3, 0.4) is 0 Å². The van der Waals surface area contributed by atoms with Crippen LogP contribution in [-0.4, -0.2) is 0 Å². The van der Waals surface area contributed by atoms with Crippen molar-refractivity contribution < 1.29 is 9.15 Å². The van der Waals surface area contributed by atoms with Crippen molar-refractivity contribution >= 4 is 49.8 Å². The van der Waals surface area contributed by atoms with Crippen LogP contribution in [0.25, 0.3) is 55.0 Å². The van der Waals surface area contributed by atoms with Gasteiger partial charge in [0.25, 0.3) is 0 Å². The number of furan rings is 1. The van der Waals surface area contributed by atoms with Gasteiger partial charge in [-0.2, -0.15) is 0 Å². The second-order valence-corrected chi connectivity index (χ2v) is 10.9. The van der Waals surface area contributed by atoms with Crippen LogP contribution in [0.1, 0.15) is 0 Å².